The molecule has 0 atom stereocenters. The molecule has 0 saturated heterocycles. The van der Waals surface area contributed by atoms with Crippen molar-refractivity contribution in [2.75, 3.05) is 0 Å². The van der Waals surface area contributed by atoms with Crippen molar-refractivity contribution in [1.29, 1.82) is 5.26 Å². The zero-order valence-corrected chi connectivity index (χ0v) is 9.16. The van der Waals surface area contributed by atoms with E-state index < -0.39 is 5.97 Å². The Morgan fingerprint density at radius 2 is 1.94 bits per heavy atom. The van der Waals surface area contributed by atoms with Gasteiger partial charge in [-0.3, -0.25) is 4.98 Å². The Morgan fingerprint density at radius 1 is 1.28 bits per heavy atom. The number of carbonyl (C=O) groups is 1. The number of hydrogen-bond acceptors (Lipinski definition) is 4. The van der Waals surface area contributed by atoms with Gasteiger partial charge in [0, 0.05) is 11.8 Å². The highest BCUT2D eigenvalue weighted by molar-refractivity contribution is 5.91. The van der Waals surface area contributed by atoms with Gasteiger partial charge in [0.1, 0.15) is 11.8 Å². The van der Waals surface area contributed by atoms with Crippen LogP contribution in [0.1, 0.15) is 15.9 Å². The number of aromatic hydroxyl groups is 1. The molecule has 2 aromatic rings. The number of benzene rings is 1. The maximum atomic E-state index is 11.0. The summed E-state index contributed by atoms with van der Waals surface area (Å²) in [5.41, 5.74) is 1.03. The van der Waals surface area contributed by atoms with E-state index in [0.29, 0.717) is 11.3 Å². The topological polar surface area (TPSA) is 94.2 Å². The van der Waals surface area contributed by atoms with E-state index >= 15 is 0 Å². The number of carboxylic acids is 1. The lowest BCUT2D eigenvalue weighted by atomic mass is 10.1. The molecule has 1 aromatic heterocycles. The molecule has 0 aliphatic heterocycles. The smallest absolute Gasteiger partial charge is 0.337 e. The predicted octanol–water partition coefficient (Wildman–Crippen LogP) is 2.02. The second-order valence-electron chi connectivity index (χ2n) is 3.58. The molecule has 18 heavy (non-hydrogen) atoms. The second-order valence-corrected chi connectivity index (χ2v) is 3.58. The number of aromatic carboxylic acids is 1. The van der Waals surface area contributed by atoms with Gasteiger partial charge in [-0.05, 0) is 30.3 Å². The van der Waals surface area contributed by atoms with Crippen molar-refractivity contribution in [3.05, 3.63) is 47.7 Å². The first-order valence-electron chi connectivity index (χ1n) is 5.04. The molecule has 5 nitrogen and oxygen atoms in total. The molecule has 0 aliphatic rings. The Balaban J connectivity index is 2.54. The first kappa shape index (κ1) is 11.6. The highest BCUT2D eigenvalue weighted by atomic mass is 16.4. The monoisotopic (exact) mass is 240 g/mol. The van der Waals surface area contributed by atoms with Crippen LogP contribution in [0.3, 0.4) is 0 Å². The van der Waals surface area contributed by atoms with Crippen LogP contribution in [-0.4, -0.2) is 21.2 Å². The van der Waals surface area contributed by atoms with Crippen LogP contribution in [0.5, 0.6) is 5.75 Å². The summed E-state index contributed by atoms with van der Waals surface area (Å²) < 4.78 is 0. The minimum absolute atomic E-state index is 0.0185. The van der Waals surface area contributed by atoms with E-state index in [2.05, 4.69) is 4.98 Å². The molecule has 1 aromatic carbocycles. The summed E-state index contributed by atoms with van der Waals surface area (Å²) in [4.78, 5) is 15.0. The van der Waals surface area contributed by atoms with Crippen molar-refractivity contribution in [2.24, 2.45) is 0 Å². The SMILES string of the molecule is N#Cc1cnc(-c2ccc(O)cc2)cc1C(=O)O. The van der Waals surface area contributed by atoms with Gasteiger partial charge in [-0.25, -0.2) is 4.79 Å². The molecule has 0 saturated carbocycles. The Bertz CT molecular complexity index is 642. The Labute approximate surface area is 103 Å². The molecule has 2 N–H and O–H groups in total. The van der Waals surface area contributed by atoms with E-state index in [4.69, 9.17) is 10.4 Å². The lowest BCUT2D eigenvalue weighted by Gasteiger charge is -2.03. The van der Waals surface area contributed by atoms with Crippen LogP contribution in [0.2, 0.25) is 0 Å². The number of phenols is 1. The quantitative estimate of drug-likeness (QED) is 0.837. The van der Waals surface area contributed by atoms with Crippen molar-refractivity contribution in [2.45, 2.75) is 0 Å². The van der Waals surface area contributed by atoms with Gasteiger partial charge in [0.2, 0.25) is 0 Å². The third-order valence-corrected chi connectivity index (χ3v) is 2.42. The van der Waals surface area contributed by atoms with Crippen molar-refractivity contribution < 1.29 is 15.0 Å². The molecule has 0 aliphatic carbocycles. The molecule has 88 valence electrons. The van der Waals surface area contributed by atoms with Crippen molar-refractivity contribution >= 4 is 5.97 Å². The van der Waals surface area contributed by atoms with Crippen LogP contribution >= 0.6 is 0 Å². The zero-order chi connectivity index (χ0) is 13.1. The van der Waals surface area contributed by atoms with E-state index in [9.17, 15) is 9.90 Å². The van der Waals surface area contributed by atoms with Crippen LogP contribution in [-0.2, 0) is 0 Å². The minimum atomic E-state index is -1.17. The molecule has 0 fully saturated rings. The first-order valence-corrected chi connectivity index (χ1v) is 5.04. The fourth-order valence-corrected chi connectivity index (χ4v) is 1.51. The number of nitriles is 1. The highest BCUT2D eigenvalue weighted by Gasteiger charge is 2.12. The standard InChI is InChI=1S/C13H8N2O3/c14-6-9-7-15-12(5-11(9)13(17)18)8-1-3-10(16)4-2-8/h1-5,7,16H,(H,17,18). The van der Waals surface area contributed by atoms with E-state index in [1.807, 2.05) is 0 Å². The van der Waals surface area contributed by atoms with Crippen LogP contribution in [0, 0.1) is 11.3 Å². The number of rotatable bonds is 2. The summed E-state index contributed by atoms with van der Waals surface area (Å²) in [5.74, 6) is -1.06. The molecule has 0 amide bonds. The number of hydrogen-bond donors (Lipinski definition) is 2. The van der Waals surface area contributed by atoms with Gasteiger partial charge >= 0.3 is 5.97 Å². The highest BCUT2D eigenvalue weighted by Crippen LogP contribution is 2.22. The second kappa shape index (κ2) is 4.55. The maximum absolute atomic E-state index is 11.0. The van der Waals surface area contributed by atoms with E-state index in [0.717, 1.165) is 0 Å². The average molecular weight is 240 g/mol. The van der Waals surface area contributed by atoms with Gasteiger partial charge < -0.3 is 10.2 Å². The van der Waals surface area contributed by atoms with Crippen molar-refractivity contribution in [3.63, 3.8) is 0 Å². The van der Waals surface area contributed by atoms with E-state index in [1.165, 1.54) is 24.4 Å². The summed E-state index contributed by atoms with van der Waals surface area (Å²) in [6.07, 6.45) is 1.23. The molecule has 0 bridgehead atoms. The van der Waals surface area contributed by atoms with Crippen LogP contribution in [0.25, 0.3) is 11.3 Å². The van der Waals surface area contributed by atoms with Gasteiger partial charge in [0.25, 0.3) is 0 Å². The third-order valence-electron chi connectivity index (χ3n) is 2.42. The van der Waals surface area contributed by atoms with Crippen LogP contribution < -0.4 is 0 Å². The Kier molecular flexibility index (Phi) is 2.94. The maximum Gasteiger partial charge on any atom is 0.337 e. The van der Waals surface area contributed by atoms with Gasteiger partial charge in [-0.2, -0.15) is 5.26 Å². The third kappa shape index (κ3) is 2.13. The Hall–Kier alpha value is -2.87. The molecule has 1 heterocycles. The van der Waals surface area contributed by atoms with Crippen molar-refractivity contribution in [1.82, 2.24) is 4.98 Å². The molecule has 0 unspecified atom stereocenters. The van der Waals surface area contributed by atoms with Gasteiger partial charge in [0.15, 0.2) is 0 Å². The lowest BCUT2D eigenvalue weighted by molar-refractivity contribution is 0.0696. The van der Waals surface area contributed by atoms with Crippen LogP contribution in [0.15, 0.2) is 36.5 Å². The number of nitrogens with zero attached hydrogens (tertiary/aromatic N) is 2. The van der Waals surface area contributed by atoms with Gasteiger partial charge in [-0.15, -0.1) is 0 Å². The predicted molar refractivity (Wildman–Crippen MR) is 63.0 cm³/mol. The molecule has 0 spiro atoms. The average Bonchev–Trinajstić information content (AvgIpc) is 2.39. The summed E-state index contributed by atoms with van der Waals surface area (Å²) in [6.45, 7) is 0. The molecular weight excluding hydrogens is 232 g/mol. The van der Waals surface area contributed by atoms with Gasteiger partial charge in [0.05, 0.1) is 16.8 Å². The first-order chi connectivity index (χ1) is 8.61. The molecule has 0 radical (unpaired) electrons. The largest absolute Gasteiger partial charge is 0.508 e. The molecule has 2 rings (SSSR count). The number of aromatic nitrogens is 1. The summed E-state index contributed by atoms with van der Waals surface area (Å²) >= 11 is 0. The van der Waals surface area contributed by atoms with Gasteiger partial charge in [-0.1, -0.05) is 0 Å². The summed E-state index contributed by atoms with van der Waals surface area (Å²) in [7, 11) is 0. The summed E-state index contributed by atoms with van der Waals surface area (Å²) in [6, 6.07) is 9.33. The molecule has 5 heteroatoms. The fraction of sp³-hybridized carbons (Fsp3) is 0. The minimum Gasteiger partial charge on any atom is -0.508 e. The fourth-order valence-electron chi connectivity index (χ4n) is 1.51. The lowest BCUT2D eigenvalue weighted by Crippen LogP contribution is -2.01. The molecular formula is C13H8N2O3. The summed E-state index contributed by atoms with van der Waals surface area (Å²) in [5, 5.41) is 26.9. The van der Waals surface area contributed by atoms with E-state index in [-0.39, 0.29) is 16.9 Å². The normalized spacial score (nSPS) is 9.72. The number of pyridine rings is 1. The van der Waals surface area contributed by atoms with Crippen molar-refractivity contribution in [3.8, 4) is 23.1 Å². The zero-order valence-electron chi connectivity index (χ0n) is 9.16. The Morgan fingerprint density at radius 3 is 2.50 bits per heavy atom. The van der Waals surface area contributed by atoms with Crippen LogP contribution in [0.4, 0.5) is 0 Å². The van der Waals surface area contributed by atoms with E-state index in [1.54, 1.807) is 18.2 Å². The number of phenolic OH excluding ortho intramolecular Hbond substituents is 1. The number of carboxylic acid groups (broad SMARTS) is 1.